The highest BCUT2D eigenvalue weighted by atomic mass is 16.2. The van der Waals surface area contributed by atoms with Gasteiger partial charge in [0, 0.05) is 14.1 Å². The summed E-state index contributed by atoms with van der Waals surface area (Å²) >= 11 is 0. The quantitative estimate of drug-likeness (QED) is 0.607. The molecule has 0 spiro atoms. The number of likely N-dealkylation sites (N-methyl/N-ethyl adjacent to an activating group) is 2. The third-order valence-corrected chi connectivity index (χ3v) is 4.48. The van der Waals surface area contributed by atoms with Crippen LogP contribution in [0.15, 0.2) is 34.4 Å². The summed E-state index contributed by atoms with van der Waals surface area (Å²) in [5, 5.41) is 3.95. The second-order valence-corrected chi connectivity index (χ2v) is 6.24. The number of amides is 4. The molecule has 0 radical (unpaired) electrons. The molecule has 0 bridgehead atoms. The molecule has 2 unspecified atom stereocenters. The lowest BCUT2D eigenvalue weighted by Gasteiger charge is -2.39. The number of nitrogens with zero attached hydrogens (tertiary/aromatic N) is 5. The number of imide groups is 1. The number of aliphatic imine (C=N–C) groups is 1. The van der Waals surface area contributed by atoms with Gasteiger partial charge in [0.25, 0.3) is 11.8 Å². The van der Waals surface area contributed by atoms with Crippen molar-refractivity contribution >= 4 is 30.4 Å². The van der Waals surface area contributed by atoms with Gasteiger partial charge in [-0.25, -0.2) is 15.2 Å². The SMILES string of the molecule is Cc1ccccc1/C=N/NC(=O)CN1C=NC2C1C(=O)N(C)C(=O)N2C. The minimum atomic E-state index is -0.700. The van der Waals surface area contributed by atoms with Crippen molar-refractivity contribution in [2.75, 3.05) is 20.6 Å². The Hall–Kier alpha value is -3.23. The van der Waals surface area contributed by atoms with Crippen molar-refractivity contribution in [1.29, 1.82) is 0 Å². The number of hydrazone groups is 1. The first-order chi connectivity index (χ1) is 12.4. The van der Waals surface area contributed by atoms with Crippen LogP contribution in [-0.2, 0) is 9.59 Å². The molecule has 4 amide bonds. The van der Waals surface area contributed by atoms with E-state index in [0.29, 0.717) is 0 Å². The van der Waals surface area contributed by atoms with E-state index in [-0.39, 0.29) is 18.4 Å². The minimum Gasteiger partial charge on any atom is -0.338 e. The van der Waals surface area contributed by atoms with Crippen LogP contribution in [0, 0.1) is 6.92 Å². The monoisotopic (exact) mass is 356 g/mol. The van der Waals surface area contributed by atoms with E-state index >= 15 is 0 Å². The van der Waals surface area contributed by atoms with Gasteiger partial charge in [-0.2, -0.15) is 5.10 Å². The normalized spacial score (nSPS) is 22.3. The summed E-state index contributed by atoms with van der Waals surface area (Å²) in [7, 11) is 3.00. The van der Waals surface area contributed by atoms with Crippen molar-refractivity contribution < 1.29 is 14.4 Å². The molecule has 0 aliphatic carbocycles. The number of benzene rings is 1. The molecule has 1 aromatic rings. The molecule has 1 N–H and O–H groups in total. The Morgan fingerprint density at radius 1 is 1.31 bits per heavy atom. The van der Waals surface area contributed by atoms with Crippen molar-refractivity contribution in [3.05, 3.63) is 35.4 Å². The Kier molecular flexibility index (Phi) is 4.70. The lowest BCUT2D eigenvalue weighted by Crippen LogP contribution is -2.64. The van der Waals surface area contributed by atoms with Gasteiger partial charge < -0.3 is 9.80 Å². The average Bonchev–Trinajstić information content (AvgIpc) is 3.03. The highest BCUT2D eigenvalue weighted by molar-refractivity contribution is 6.02. The highest BCUT2D eigenvalue weighted by Gasteiger charge is 2.48. The average molecular weight is 356 g/mol. The fraction of sp³-hybridized carbons (Fsp3) is 0.353. The molecule has 3 rings (SSSR count). The number of urea groups is 1. The van der Waals surface area contributed by atoms with Gasteiger partial charge in [-0.3, -0.25) is 14.5 Å². The van der Waals surface area contributed by atoms with Gasteiger partial charge in [-0.15, -0.1) is 0 Å². The first-order valence-electron chi connectivity index (χ1n) is 8.11. The third-order valence-electron chi connectivity index (χ3n) is 4.48. The molecule has 2 aliphatic rings. The van der Waals surface area contributed by atoms with Crippen molar-refractivity contribution in [3.8, 4) is 0 Å². The largest absolute Gasteiger partial charge is 0.338 e. The third kappa shape index (κ3) is 3.15. The van der Waals surface area contributed by atoms with Gasteiger partial charge in [0.05, 0.1) is 12.6 Å². The molecule has 9 heteroatoms. The van der Waals surface area contributed by atoms with E-state index in [2.05, 4.69) is 15.5 Å². The van der Waals surface area contributed by atoms with Crippen LogP contribution in [0.1, 0.15) is 11.1 Å². The zero-order valence-corrected chi connectivity index (χ0v) is 14.8. The van der Waals surface area contributed by atoms with Crippen molar-refractivity contribution in [3.63, 3.8) is 0 Å². The first kappa shape index (κ1) is 17.6. The summed E-state index contributed by atoms with van der Waals surface area (Å²) in [4.78, 5) is 44.6. The van der Waals surface area contributed by atoms with E-state index < -0.39 is 18.2 Å². The maximum atomic E-state index is 12.4. The predicted molar refractivity (Wildman–Crippen MR) is 95.6 cm³/mol. The van der Waals surface area contributed by atoms with Gasteiger partial charge in [0.1, 0.15) is 6.54 Å². The summed E-state index contributed by atoms with van der Waals surface area (Å²) in [5.41, 5.74) is 4.40. The van der Waals surface area contributed by atoms with Crippen LogP contribution >= 0.6 is 0 Å². The second-order valence-electron chi connectivity index (χ2n) is 6.24. The van der Waals surface area contributed by atoms with Gasteiger partial charge in [0.15, 0.2) is 12.2 Å². The van der Waals surface area contributed by atoms with Crippen LogP contribution in [-0.4, -0.2) is 77.9 Å². The van der Waals surface area contributed by atoms with E-state index in [1.807, 2.05) is 31.2 Å². The van der Waals surface area contributed by atoms with Crippen LogP contribution in [0.2, 0.25) is 0 Å². The Balaban J connectivity index is 1.62. The lowest BCUT2D eigenvalue weighted by molar-refractivity contribution is -0.136. The van der Waals surface area contributed by atoms with Gasteiger partial charge in [-0.1, -0.05) is 24.3 Å². The maximum Gasteiger partial charge on any atom is 0.328 e. The Morgan fingerprint density at radius 3 is 2.77 bits per heavy atom. The summed E-state index contributed by atoms with van der Waals surface area (Å²) in [6.07, 6.45) is 2.38. The van der Waals surface area contributed by atoms with E-state index in [4.69, 9.17) is 0 Å². The predicted octanol–water partition coefficient (Wildman–Crippen LogP) is 0.00752. The Morgan fingerprint density at radius 2 is 2.04 bits per heavy atom. The smallest absolute Gasteiger partial charge is 0.328 e. The van der Waals surface area contributed by atoms with E-state index in [1.165, 1.54) is 23.2 Å². The van der Waals surface area contributed by atoms with Crippen LogP contribution in [0.25, 0.3) is 0 Å². The molecular weight excluding hydrogens is 336 g/mol. The number of hydrogen-bond acceptors (Lipinski definition) is 6. The van der Waals surface area contributed by atoms with Crippen molar-refractivity contribution in [2.45, 2.75) is 19.1 Å². The zero-order chi connectivity index (χ0) is 18.8. The summed E-state index contributed by atoms with van der Waals surface area (Å²) in [6.45, 7) is 1.87. The molecule has 1 fully saturated rings. The van der Waals surface area contributed by atoms with Crippen molar-refractivity contribution in [1.82, 2.24) is 20.1 Å². The lowest BCUT2D eigenvalue weighted by atomic mass is 10.1. The molecular formula is C17H20N6O3. The van der Waals surface area contributed by atoms with Crippen LogP contribution in [0.4, 0.5) is 4.79 Å². The number of carbonyl (C=O) groups is 3. The van der Waals surface area contributed by atoms with Gasteiger partial charge >= 0.3 is 6.03 Å². The van der Waals surface area contributed by atoms with E-state index in [9.17, 15) is 14.4 Å². The summed E-state index contributed by atoms with van der Waals surface area (Å²) < 4.78 is 0. The molecule has 9 nitrogen and oxygen atoms in total. The summed E-state index contributed by atoms with van der Waals surface area (Å²) in [6, 6.07) is 6.55. The molecule has 2 atom stereocenters. The zero-order valence-electron chi connectivity index (χ0n) is 14.8. The first-order valence-corrected chi connectivity index (χ1v) is 8.11. The molecule has 136 valence electrons. The molecule has 2 heterocycles. The minimum absolute atomic E-state index is 0.0859. The molecule has 0 saturated carbocycles. The van der Waals surface area contributed by atoms with E-state index in [0.717, 1.165) is 16.0 Å². The fourth-order valence-corrected chi connectivity index (χ4v) is 2.95. The number of nitrogens with one attached hydrogen (secondary N) is 1. The number of fused-ring (bicyclic) bond motifs is 1. The number of carbonyl (C=O) groups excluding carboxylic acids is 3. The maximum absolute atomic E-state index is 12.4. The number of aryl methyl sites for hydroxylation is 1. The number of hydrogen-bond donors (Lipinski definition) is 1. The van der Waals surface area contributed by atoms with Crippen LogP contribution < -0.4 is 5.43 Å². The molecule has 1 aromatic carbocycles. The second kappa shape index (κ2) is 6.95. The highest BCUT2D eigenvalue weighted by Crippen LogP contribution is 2.24. The van der Waals surface area contributed by atoms with Gasteiger partial charge in [0.2, 0.25) is 0 Å². The van der Waals surface area contributed by atoms with Crippen LogP contribution in [0.3, 0.4) is 0 Å². The van der Waals surface area contributed by atoms with E-state index in [1.54, 1.807) is 13.3 Å². The Labute approximate surface area is 151 Å². The molecule has 2 aliphatic heterocycles. The molecule has 1 saturated heterocycles. The summed E-state index contributed by atoms with van der Waals surface area (Å²) in [5.74, 6) is -0.760. The Bertz CT molecular complexity index is 805. The van der Waals surface area contributed by atoms with Crippen molar-refractivity contribution in [2.24, 2.45) is 10.1 Å². The fourth-order valence-electron chi connectivity index (χ4n) is 2.95. The van der Waals surface area contributed by atoms with Gasteiger partial charge in [-0.05, 0) is 18.1 Å². The number of rotatable bonds is 4. The standard InChI is InChI=1S/C17H20N6O3/c1-11-6-4-5-7-12(11)8-19-20-13(24)9-23-10-18-15-14(23)16(25)22(3)17(26)21(15)2/h4-8,10,14-15H,9H2,1-3H3,(H,20,24)/b19-8+. The van der Waals surface area contributed by atoms with Crippen LogP contribution in [0.5, 0.6) is 0 Å². The topological polar surface area (TPSA) is 97.7 Å². The molecule has 0 aromatic heterocycles. The molecule has 26 heavy (non-hydrogen) atoms.